The van der Waals surface area contributed by atoms with E-state index in [-0.39, 0.29) is 18.9 Å². The first kappa shape index (κ1) is 26.7. The number of amides is 1. The maximum Gasteiger partial charge on any atom is 0.419 e. The predicted octanol–water partition coefficient (Wildman–Crippen LogP) is 4.26. The number of aromatic nitrogens is 3. The Hall–Kier alpha value is -3.89. The molecule has 3 rings (SSSR count). The summed E-state index contributed by atoms with van der Waals surface area (Å²) >= 11 is 0. The summed E-state index contributed by atoms with van der Waals surface area (Å²) in [6.07, 6.45) is 0.624. The Balaban J connectivity index is 1.41. The molecule has 1 unspecified atom stereocenters. The Morgan fingerprint density at radius 1 is 1.08 bits per heavy atom. The second-order valence-electron chi connectivity index (χ2n) is 8.38. The molecule has 1 atom stereocenters. The second kappa shape index (κ2) is 12.2. The molecule has 0 saturated carbocycles. The highest BCUT2D eigenvalue weighted by Crippen LogP contribution is 2.29. The molecule has 2 heterocycles. The summed E-state index contributed by atoms with van der Waals surface area (Å²) < 4.78 is 44.0. The number of carbonyl (C=O) groups excluding carboxylic acids is 2. The molecule has 3 aromatic rings. The number of alkyl halides is 3. The van der Waals surface area contributed by atoms with Crippen molar-refractivity contribution >= 4 is 17.7 Å². The number of ether oxygens (including phenoxy) is 1. The minimum Gasteiger partial charge on any atom is -0.469 e. The van der Waals surface area contributed by atoms with Crippen molar-refractivity contribution in [1.29, 1.82) is 0 Å². The fourth-order valence-electron chi connectivity index (χ4n) is 3.46. The number of halogens is 3. The third kappa shape index (κ3) is 7.82. The molecule has 1 amide bonds. The monoisotopic (exact) mass is 503 g/mol. The van der Waals surface area contributed by atoms with E-state index in [1.807, 2.05) is 12.1 Å². The van der Waals surface area contributed by atoms with Gasteiger partial charge in [-0.25, -0.2) is 9.67 Å². The van der Waals surface area contributed by atoms with E-state index in [9.17, 15) is 22.8 Å². The largest absolute Gasteiger partial charge is 0.469 e. The van der Waals surface area contributed by atoms with E-state index in [1.54, 1.807) is 24.3 Å². The number of hydrogen-bond donors (Lipinski definition) is 2. The molecule has 36 heavy (non-hydrogen) atoms. The Morgan fingerprint density at radius 3 is 2.44 bits per heavy atom. The number of nitrogens with zero attached hydrogens (tertiary/aromatic N) is 3. The number of carbonyl (C=O) groups is 2. The van der Waals surface area contributed by atoms with Crippen molar-refractivity contribution in [3.63, 3.8) is 0 Å². The van der Waals surface area contributed by atoms with Gasteiger partial charge < -0.3 is 15.4 Å². The van der Waals surface area contributed by atoms with Gasteiger partial charge in [-0.2, -0.15) is 18.3 Å². The SMILES string of the molecule is COC(=O)CCNC(=O)c1ccc(NCCC(C)Cc2ccc(-n3cc(C(F)(F)F)cn3)cc2)nc1. The highest BCUT2D eigenvalue weighted by atomic mass is 19.4. The van der Waals surface area contributed by atoms with Crippen LogP contribution >= 0.6 is 0 Å². The summed E-state index contributed by atoms with van der Waals surface area (Å²) in [6, 6.07) is 10.7. The van der Waals surface area contributed by atoms with E-state index < -0.39 is 17.7 Å². The van der Waals surface area contributed by atoms with Crippen molar-refractivity contribution < 1.29 is 27.5 Å². The number of hydrogen-bond acceptors (Lipinski definition) is 6. The van der Waals surface area contributed by atoms with E-state index in [2.05, 4.69) is 32.4 Å². The van der Waals surface area contributed by atoms with E-state index in [0.29, 0.717) is 29.5 Å². The summed E-state index contributed by atoms with van der Waals surface area (Å²) in [7, 11) is 1.29. The molecule has 0 fully saturated rings. The van der Waals surface area contributed by atoms with Crippen LogP contribution in [-0.4, -0.2) is 46.8 Å². The lowest BCUT2D eigenvalue weighted by atomic mass is 9.98. The van der Waals surface area contributed by atoms with E-state index in [0.717, 1.165) is 30.8 Å². The zero-order valence-electron chi connectivity index (χ0n) is 20.0. The maximum atomic E-state index is 12.8. The molecule has 0 aliphatic carbocycles. The van der Waals surface area contributed by atoms with Gasteiger partial charge in [-0.1, -0.05) is 19.1 Å². The summed E-state index contributed by atoms with van der Waals surface area (Å²) in [6.45, 7) is 2.99. The van der Waals surface area contributed by atoms with Gasteiger partial charge in [0, 0.05) is 25.5 Å². The molecular formula is C25H28F3N5O3. The second-order valence-corrected chi connectivity index (χ2v) is 8.38. The third-order valence-corrected chi connectivity index (χ3v) is 5.51. The quantitative estimate of drug-likeness (QED) is 0.380. The Morgan fingerprint density at radius 2 is 1.83 bits per heavy atom. The van der Waals surface area contributed by atoms with Gasteiger partial charge in [0.2, 0.25) is 0 Å². The maximum absolute atomic E-state index is 12.8. The fraction of sp³-hybridized carbons (Fsp3) is 0.360. The van der Waals surface area contributed by atoms with Gasteiger partial charge in [0.25, 0.3) is 5.91 Å². The summed E-state index contributed by atoms with van der Waals surface area (Å²) in [5, 5.41) is 9.66. The smallest absolute Gasteiger partial charge is 0.419 e. The normalized spacial score (nSPS) is 12.1. The molecule has 0 aliphatic heterocycles. The van der Waals surface area contributed by atoms with Crippen LogP contribution in [0.4, 0.5) is 19.0 Å². The Labute approximate surface area is 206 Å². The minimum atomic E-state index is -4.42. The van der Waals surface area contributed by atoms with Crippen molar-refractivity contribution in [2.24, 2.45) is 5.92 Å². The molecule has 0 saturated heterocycles. The van der Waals surface area contributed by atoms with Gasteiger partial charge in [-0.3, -0.25) is 9.59 Å². The molecule has 192 valence electrons. The molecule has 2 N–H and O–H groups in total. The number of esters is 1. The zero-order chi connectivity index (χ0) is 26.1. The lowest BCUT2D eigenvalue weighted by molar-refractivity contribution is -0.140. The van der Waals surface area contributed by atoms with Gasteiger partial charge in [-0.05, 0) is 48.6 Å². The first-order valence-electron chi connectivity index (χ1n) is 11.4. The van der Waals surface area contributed by atoms with Crippen molar-refractivity contribution in [1.82, 2.24) is 20.1 Å². The molecule has 11 heteroatoms. The molecule has 0 spiro atoms. The van der Waals surface area contributed by atoms with Gasteiger partial charge >= 0.3 is 12.1 Å². The van der Waals surface area contributed by atoms with Crippen LogP contribution in [0.15, 0.2) is 55.0 Å². The van der Waals surface area contributed by atoms with Crippen LogP contribution in [0.5, 0.6) is 0 Å². The lowest BCUT2D eigenvalue weighted by Gasteiger charge is -2.13. The zero-order valence-corrected chi connectivity index (χ0v) is 20.0. The number of rotatable bonds is 11. The fourth-order valence-corrected chi connectivity index (χ4v) is 3.46. The van der Waals surface area contributed by atoms with Crippen LogP contribution in [0.1, 0.15) is 41.3 Å². The minimum absolute atomic E-state index is 0.102. The van der Waals surface area contributed by atoms with Crippen molar-refractivity contribution in [3.05, 3.63) is 71.7 Å². The van der Waals surface area contributed by atoms with Gasteiger partial charge in [0.1, 0.15) is 5.82 Å². The average molecular weight is 504 g/mol. The van der Waals surface area contributed by atoms with E-state index in [4.69, 9.17) is 0 Å². The van der Waals surface area contributed by atoms with Crippen LogP contribution in [0.25, 0.3) is 5.69 Å². The lowest BCUT2D eigenvalue weighted by Crippen LogP contribution is -2.26. The number of nitrogens with one attached hydrogen (secondary N) is 2. The average Bonchev–Trinajstić information content (AvgIpc) is 3.36. The van der Waals surface area contributed by atoms with Crippen LogP contribution < -0.4 is 10.6 Å². The molecular weight excluding hydrogens is 475 g/mol. The summed E-state index contributed by atoms with van der Waals surface area (Å²) in [5.74, 6) is 0.294. The highest BCUT2D eigenvalue weighted by Gasteiger charge is 2.32. The first-order chi connectivity index (χ1) is 17.2. The van der Waals surface area contributed by atoms with E-state index >= 15 is 0 Å². The molecule has 2 aromatic heterocycles. The Bertz CT molecular complexity index is 1140. The topological polar surface area (TPSA) is 98.1 Å². The molecule has 0 aliphatic rings. The van der Waals surface area contributed by atoms with Crippen molar-refractivity contribution in [3.8, 4) is 5.69 Å². The van der Waals surface area contributed by atoms with Crippen molar-refractivity contribution in [2.75, 3.05) is 25.5 Å². The van der Waals surface area contributed by atoms with Crippen LogP contribution in [0.2, 0.25) is 0 Å². The number of methoxy groups -OCH3 is 1. The van der Waals surface area contributed by atoms with Crippen LogP contribution in [-0.2, 0) is 22.1 Å². The van der Waals surface area contributed by atoms with Crippen LogP contribution in [0.3, 0.4) is 0 Å². The Kier molecular flexibility index (Phi) is 9.04. The van der Waals surface area contributed by atoms with Gasteiger partial charge in [0.15, 0.2) is 0 Å². The molecule has 0 bridgehead atoms. The molecule has 1 aromatic carbocycles. The number of anilines is 1. The molecule has 0 radical (unpaired) electrons. The summed E-state index contributed by atoms with van der Waals surface area (Å²) in [4.78, 5) is 27.4. The van der Waals surface area contributed by atoms with Crippen molar-refractivity contribution in [2.45, 2.75) is 32.4 Å². The number of pyridine rings is 1. The third-order valence-electron chi connectivity index (χ3n) is 5.51. The van der Waals surface area contributed by atoms with Gasteiger partial charge in [0.05, 0.1) is 36.5 Å². The van der Waals surface area contributed by atoms with Crippen LogP contribution in [0, 0.1) is 5.92 Å². The summed E-state index contributed by atoms with van der Waals surface area (Å²) in [5.41, 5.74) is 1.26. The first-order valence-corrected chi connectivity index (χ1v) is 11.4. The van der Waals surface area contributed by atoms with E-state index in [1.165, 1.54) is 18.0 Å². The number of benzene rings is 1. The van der Waals surface area contributed by atoms with Gasteiger partial charge in [-0.15, -0.1) is 0 Å². The predicted molar refractivity (Wildman–Crippen MR) is 128 cm³/mol. The molecule has 8 nitrogen and oxygen atoms in total. The standard InChI is InChI=1S/C25H28F3N5O3/c1-17(13-18-3-6-21(7-4-18)33-16-20(15-32-33)25(26,27)28)9-11-29-22-8-5-19(14-31-22)24(35)30-12-10-23(34)36-2/h3-8,14-17H,9-13H2,1-2H3,(H,29,31)(H,30,35). The highest BCUT2D eigenvalue weighted by molar-refractivity contribution is 5.94.